The summed E-state index contributed by atoms with van der Waals surface area (Å²) in [6.45, 7) is -0.486. The maximum atomic E-state index is 13.3. The zero-order valence-electron chi connectivity index (χ0n) is 23.2. The van der Waals surface area contributed by atoms with Crippen molar-refractivity contribution in [2.45, 2.75) is 30.6 Å². The first kappa shape index (κ1) is 30.1. The van der Waals surface area contributed by atoms with Crippen LogP contribution in [0.15, 0.2) is 116 Å². The van der Waals surface area contributed by atoms with Gasteiger partial charge in [0.2, 0.25) is 0 Å². The quantitative estimate of drug-likeness (QED) is 0.218. The Morgan fingerprint density at radius 1 is 0.682 bits per heavy atom. The molecule has 0 bridgehead atoms. The molecule has 1 aliphatic heterocycles. The minimum atomic E-state index is -1.77. The Hall–Kier alpha value is -5.39. The highest BCUT2D eigenvalue weighted by Crippen LogP contribution is 2.28. The number of nitrogens with one attached hydrogen (secondary N) is 1. The number of pyridine rings is 1. The molecule has 0 saturated carbocycles. The lowest BCUT2D eigenvalue weighted by atomic mass is 9.95. The molecule has 44 heavy (non-hydrogen) atoms. The first-order valence-corrected chi connectivity index (χ1v) is 13.7. The van der Waals surface area contributed by atoms with Crippen LogP contribution in [0, 0.1) is 0 Å². The third-order valence-electron chi connectivity index (χ3n) is 6.78. The van der Waals surface area contributed by atoms with Gasteiger partial charge < -0.3 is 29.4 Å². The lowest BCUT2D eigenvalue weighted by molar-refractivity contribution is -0.251. The number of amides is 1. The topological polar surface area (TPSA) is 150 Å². The molecule has 11 nitrogen and oxygen atoms in total. The van der Waals surface area contributed by atoms with Crippen LogP contribution in [0.1, 0.15) is 41.4 Å². The van der Waals surface area contributed by atoms with Crippen molar-refractivity contribution in [3.05, 3.63) is 138 Å². The van der Waals surface area contributed by atoms with Crippen molar-refractivity contribution < 1.29 is 43.2 Å². The van der Waals surface area contributed by atoms with E-state index in [1.54, 1.807) is 72.8 Å². The first-order valence-electron chi connectivity index (χ1n) is 13.7. The van der Waals surface area contributed by atoms with Crippen LogP contribution in [0.3, 0.4) is 0 Å². The second kappa shape index (κ2) is 14.2. The van der Waals surface area contributed by atoms with E-state index in [0.717, 1.165) is 0 Å². The minimum Gasteiger partial charge on any atom is -0.459 e. The number of rotatable bonds is 9. The SMILES string of the molecule is O=C(N[C@H]1[C@@H](OC(=O)c2ccccc2)[C@H](OC(=O)c2ccccc2)[C@@H](COC(=O)c2ccccc2)O[C@@H]1O)c1cccnc1. The van der Waals surface area contributed by atoms with Gasteiger partial charge in [-0.1, -0.05) is 54.6 Å². The molecule has 1 aliphatic rings. The second-order valence-corrected chi connectivity index (χ2v) is 9.74. The van der Waals surface area contributed by atoms with E-state index in [4.69, 9.17) is 18.9 Å². The molecular formula is C33H28N2O9. The minimum absolute atomic E-state index is 0.157. The van der Waals surface area contributed by atoms with Crippen LogP contribution in [0.25, 0.3) is 0 Å². The Morgan fingerprint density at radius 2 is 1.18 bits per heavy atom. The number of ether oxygens (including phenoxy) is 4. The number of carbonyl (C=O) groups excluding carboxylic acids is 4. The van der Waals surface area contributed by atoms with E-state index in [-0.39, 0.29) is 22.3 Å². The second-order valence-electron chi connectivity index (χ2n) is 9.74. The average Bonchev–Trinajstić information content (AvgIpc) is 3.07. The van der Waals surface area contributed by atoms with Crippen molar-refractivity contribution in [1.29, 1.82) is 0 Å². The number of carbonyl (C=O) groups is 4. The Morgan fingerprint density at radius 3 is 1.70 bits per heavy atom. The molecule has 1 fully saturated rings. The molecule has 1 amide bonds. The van der Waals surface area contributed by atoms with Crippen LogP contribution in [0.2, 0.25) is 0 Å². The highest BCUT2D eigenvalue weighted by molar-refractivity contribution is 5.94. The molecule has 5 rings (SSSR count). The number of hydrogen-bond donors (Lipinski definition) is 2. The molecule has 0 radical (unpaired) electrons. The van der Waals surface area contributed by atoms with Gasteiger partial charge >= 0.3 is 17.9 Å². The molecule has 0 unspecified atom stereocenters. The van der Waals surface area contributed by atoms with Crippen molar-refractivity contribution in [1.82, 2.24) is 10.3 Å². The fourth-order valence-electron chi connectivity index (χ4n) is 4.57. The molecule has 1 aromatic heterocycles. The van der Waals surface area contributed by atoms with E-state index in [9.17, 15) is 24.3 Å². The largest absolute Gasteiger partial charge is 0.459 e. The number of esters is 3. The van der Waals surface area contributed by atoms with Crippen LogP contribution in [-0.4, -0.2) is 71.2 Å². The molecule has 11 heteroatoms. The molecule has 1 saturated heterocycles. The summed E-state index contributed by atoms with van der Waals surface area (Å²) in [6, 6.07) is 25.9. The van der Waals surface area contributed by atoms with Crippen LogP contribution in [0.5, 0.6) is 0 Å². The molecule has 3 aromatic carbocycles. The molecule has 224 valence electrons. The maximum Gasteiger partial charge on any atom is 0.338 e. The van der Waals surface area contributed by atoms with Gasteiger partial charge in [0, 0.05) is 12.4 Å². The van der Waals surface area contributed by atoms with Gasteiger partial charge in [0.05, 0.1) is 22.3 Å². The van der Waals surface area contributed by atoms with Crippen LogP contribution in [0.4, 0.5) is 0 Å². The molecule has 2 N–H and O–H groups in total. The number of aliphatic hydroxyl groups excluding tert-OH is 1. The Balaban J connectivity index is 1.48. The zero-order valence-corrected chi connectivity index (χ0v) is 23.2. The number of aliphatic hydroxyl groups is 1. The summed E-state index contributed by atoms with van der Waals surface area (Å²) in [5, 5.41) is 13.7. The fourth-order valence-corrected chi connectivity index (χ4v) is 4.57. The number of aromatic nitrogens is 1. The molecule has 4 aromatic rings. The Bertz CT molecular complexity index is 1570. The van der Waals surface area contributed by atoms with Gasteiger partial charge in [-0.2, -0.15) is 0 Å². The fraction of sp³-hybridized carbons (Fsp3) is 0.182. The lowest BCUT2D eigenvalue weighted by Gasteiger charge is -2.43. The third kappa shape index (κ3) is 7.33. The van der Waals surface area contributed by atoms with E-state index in [2.05, 4.69) is 10.3 Å². The van der Waals surface area contributed by atoms with Crippen molar-refractivity contribution >= 4 is 23.8 Å². The first-order chi connectivity index (χ1) is 21.4. The molecular weight excluding hydrogens is 568 g/mol. The van der Waals surface area contributed by atoms with Crippen LogP contribution in [-0.2, 0) is 18.9 Å². The zero-order chi connectivity index (χ0) is 30.9. The summed E-state index contributed by atoms with van der Waals surface area (Å²) in [5.41, 5.74) is 0.772. The molecule has 0 spiro atoms. The predicted octanol–water partition coefficient (Wildman–Crippen LogP) is 3.21. The van der Waals surface area contributed by atoms with Crippen molar-refractivity contribution in [3.63, 3.8) is 0 Å². The van der Waals surface area contributed by atoms with E-state index in [1.165, 1.54) is 42.7 Å². The number of hydrogen-bond acceptors (Lipinski definition) is 10. The molecule has 5 atom stereocenters. The smallest absolute Gasteiger partial charge is 0.338 e. The van der Waals surface area contributed by atoms with E-state index < -0.39 is 61.1 Å². The summed E-state index contributed by atoms with van der Waals surface area (Å²) >= 11 is 0. The number of nitrogens with zero attached hydrogens (tertiary/aromatic N) is 1. The molecule has 2 heterocycles. The maximum absolute atomic E-state index is 13.3. The molecule has 0 aliphatic carbocycles. The average molecular weight is 597 g/mol. The van der Waals surface area contributed by atoms with Crippen molar-refractivity contribution in [2.75, 3.05) is 6.61 Å². The number of benzene rings is 3. The summed E-state index contributed by atoms with van der Waals surface area (Å²) in [7, 11) is 0. The third-order valence-corrected chi connectivity index (χ3v) is 6.78. The van der Waals surface area contributed by atoms with E-state index >= 15 is 0 Å². The normalized spacial score (nSPS) is 21.0. The standard InChI is InChI=1S/C33H28N2O9/c36-29(24-17-10-18-34-19-24)35-26-28(44-32(39)23-15-8-3-9-16-23)27(43-31(38)22-13-6-2-7-14-22)25(42-33(26)40)20-41-30(37)21-11-4-1-5-12-21/h1-19,25-28,33,40H,20H2,(H,35,36)/t25-,26+,27-,28-,33+/m1/s1. The van der Waals surface area contributed by atoms with Crippen molar-refractivity contribution in [3.8, 4) is 0 Å². The predicted molar refractivity (Wildman–Crippen MR) is 154 cm³/mol. The van der Waals surface area contributed by atoms with Gasteiger partial charge in [0.1, 0.15) is 18.8 Å². The highest BCUT2D eigenvalue weighted by Gasteiger charge is 2.51. The van der Waals surface area contributed by atoms with Gasteiger partial charge in [0.15, 0.2) is 18.5 Å². The summed E-state index contributed by atoms with van der Waals surface area (Å²) in [5.74, 6) is -2.96. The van der Waals surface area contributed by atoms with Crippen molar-refractivity contribution in [2.24, 2.45) is 0 Å². The summed E-state index contributed by atoms with van der Waals surface area (Å²) in [4.78, 5) is 56.3. The van der Waals surface area contributed by atoms with Gasteiger partial charge in [-0.25, -0.2) is 14.4 Å². The van der Waals surface area contributed by atoms with Crippen LogP contribution < -0.4 is 5.32 Å². The Kier molecular flexibility index (Phi) is 9.70. The van der Waals surface area contributed by atoms with Gasteiger partial charge in [-0.05, 0) is 48.5 Å². The lowest BCUT2D eigenvalue weighted by Crippen LogP contribution is -2.66. The van der Waals surface area contributed by atoms with Gasteiger partial charge in [0.25, 0.3) is 5.91 Å². The van der Waals surface area contributed by atoms with Crippen LogP contribution >= 0.6 is 0 Å². The monoisotopic (exact) mass is 596 g/mol. The summed E-state index contributed by atoms with van der Waals surface area (Å²) in [6.07, 6.45) is -3.20. The van der Waals surface area contributed by atoms with Gasteiger partial charge in [-0.3, -0.25) is 9.78 Å². The van der Waals surface area contributed by atoms with Gasteiger partial charge in [-0.15, -0.1) is 0 Å². The summed E-state index contributed by atoms with van der Waals surface area (Å²) < 4.78 is 22.9. The van der Waals surface area contributed by atoms with E-state index in [1.807, 2.05) is 0 Å². The Labute approximate surface area is 252 Å². The van der Waals surface area contributed by atoms with E-state index in [0.29, 0.717) is 0 Å². The highest BCUT2D eigenvalue weighted by atomic mass is 16.7.